The summed E-state index contributed by atoms with van der Waals surface area (Å²) in [5.74, 6) is 1.61. The summed E-state index contributed by atoms with van der Waals surface area (Å²) in [4.78, 5) is 8.08. The van der Waals surface area contributed by atoms with Crippen molar-refractivity contribution < 1.29 is 12.9 Å². The summed E-state index contributed by atoms with van der Waals surface area (Å²) < 4.78 is 31.4. The lowest BCUT2D eigenvalue weighted by Crippen LogP contribution is -2.54. The van der Waals surface area contributed by atoms with Crippen LogP contribution in [0.15, 0.2) is 57.1 Å². The zero-order valence-electron chi connectivity index (χ0n) is 16.5. The fourth-order valence-corrected chi connectivity index (χ4v) is 5.22. The van der Waals surface area contributed by atoms with E-state index in [9.17, 15) is 8.42 Å². The maximum atomic E-state index is 12.6. The van der Waals surface area contributed by atoms with Gasteiger partial charge in [0.1, 0.15) is 12.0 Å². The van der Waals surface area contributed by atoms with Crippen molar-refractivity contribution in [3.63, 3.8) is 0 Å². The molecule has 1 saturated heterocycles. The van der Waals surface area contributed by atoms with E-state index in [-0.39, 0.29) is 5.75 Å². The van der Waals surface area contributed by atoms with E-state index in [1.54, 1.807) is 17.8 Å². The first-order valence-corrected chi connectivity index (χ1v) is 12.3. The molecule has 0 bridgehead atoms. The molecular weight excluding hydrogens is 410 g/mol. The number of piperazine rings is 1. The van der Waals surface area contributed by atoms with E-state index in [0.29, 0.717) is 38.4 Å². The molecule has 1 aromatic carbocycles. The molecule has 0 atom stereocenters. The Labute approximate surface area is 176 Å². The molecule has 0 unspecified atom stereocenters. The topological polar surface area (TPSA) is 91.0 Å². The van der Waals surface area contributed by atoms with Gasteiger partial charge in [-0.1, -0.05) is 23.4 Å². The minimum atomic E-state index is -3.40. The Morgan fingerprint density at radius 1 is 1.21 bits per heavy atom. The van der Waals surface area contributed by atoms with Gasteiger partial charge in [0.05, 0.1) is 12.2 Å². The van der Waals surface area contributed by atoms with E-state index in [1.807, 2.05) is 25.1 Å². The van der Waals surface area contributed by atoms with Crippen LogP contribution in [0.2, 0.25) is 0 Å². The Kier molecular flexibility index (Phi) is 7.96. The average molecular weight is 438 g/mol. The number of hydrogen-bond acceptors (Lipinski definition) is 6. The molecule has 0 spiro atoms. The minimum Gasteiger partial charge on any atom is -0.364 e. The third-order valence-electron chi connectivity index (χ3n) is 4.45. The van der Waals surface area contributed by atoms with E-state index < -0.39 is 10.0 Å². The minimum absolute atomic E-state index is 0.131. The van der Waals surface area contributed by atoms with Crippen LogP contribution in [0, 0.1) is 0 Å². The lowest BCUT2D eigenvalue weighted by molar-refractivity contribution is 0.260. The highest BCUT2D eigenvalue weighted by molar-refractivity contribution is 7.99. The molecule has 158 valence electrons. The number of nitrogens with one attached hydrogen (secondary N) is 1. The first kappa shape index (κ1) is 21.7. The standard InChI is InChI=1S/C19H27N5O3S2/c1-2-20-19(21-9-15-28-18-6-4-3-5-7-18)23-10-12-24(13-11-23)29(25,26)16-17-8-14-27-22-17/h3-8,14H,2,9-13,15-16H2,1H3,(H,20,21). The number of guanidine groups is 1. The number of thioether (sulfide) groups is 1. The number of benzene rings is 1. The number of rotatable bonds is 8. The van der Waals surface area contributed by atoms with E-state index in [1.165, 1.54) is 15.5 Å². The zero-order valence-corrected chi connectivity index (χ0v) is 18.2. The van der Waals surface area contributed by atoms with Crippen molar-refractivity contribution in [1.82, 2.24) is 19.7 Å². The van der Waals surface area contributed by atoms with Crippen molar-refractivity contribution in [1.29, 1.82) is 0 Å². The van der Waals surface area contributed by atoms with Gasteiger partial charge in [0.25, 0.3) is 0 Å². The number of sulfonamides is 1. The van der Waals surface area contributed by atoms with Gasteiger partial charge in [0.15, 0.2) is 5.96 Å². The molecule has 1 aliphatic rings. The van der Waals surface area contributed by atoms with Gasteiger partial charge < -0.3 is 14.7 Å². The smallest absolute Gasteiger partial charge is 0.220 e. The quantitative estimate of drug-likeness (QED) is 0.292. The molecule has 0 aliphatic carbocycles. The van der Waals surface area contributed by atoms with Gasteiger partial charge >= 0.3 is 0 Å². The predicted octanol–water partition coefficient (Wildman–Crippen LogP) is 1.88. The molecule has 2 heterocycles. The third kappa shape index (κ3) is 6.48. The average Bonchev–Trinajstić information content (AvgIpc) is 3.23. The molecule has 1 aliphatic heterocycles. The monoisotopic (exact) mass is 437 g/mol. The van der Waals surface area contributed by atoms with Gasteiger partial charge in [0, 0.05) is 49.4 Å². The van der Waals surface area contributed by atoms with Crippen LogP contribution in [0.5, 0.6) is 0 Å². The summed E-state index contributed by atoms with van der Waals surface area (Å²) in [7, 11) is -3.40. The Balaban J connectivity index is 1.50. The largest absolute Gasteiger partial charge is 0.364 e. The van der Waals surface area contributed by atoms with Crippen molar-refractivity contribution in [3.8, 4) is 0 Å². The second-order valence-electron chi connectivity index (χ2n) is 6.53. The molecule has 1 aromatic heterocycles. The Hall–Kier alpha value is -2.04. The SMILES string of the molecule is CCNC(=NCCSc1ccccc1)N1CCN(S(=O)(=O)Cc2ccon2)CC1. The fourth-order valence-electron chi connectivity index (χ4n) is 3.03. The van der Waals surface area contributed by atoms with Crippen LogP contribution in [0.1, 0.15) is 12.6 Å². The molecule has 29 heavy (non-hydrogen) atoms. The molecule has 10 heteroatoms. The lowest BCUT2D eigenvalue weighted by Gasteiger charge is -2.35. The molecule has 3 rings (SSSR count). The Bertz CT molecular complexity index is 865. The molecule has 0 amide bonds. The van der Waals surface area contributed by atoms with Crippen LogP contribution in [0.4, 0.5) is 0 Å². The van der Waals surface area contributed by atoms with Gasteiger partial charge in [0.2, 0.25) is 10.0 Å². The molecule has 8 nitrogen and oxygen atoms in total. The summed E-state index contributed by atoms with van der Waals surface area (Å²) >= 11 is 1.78. The molecule has 0 saturated carbocycles. The normalized spacial score (nSPS) is 16.2. The second kappa shape index (κ2) is 10.7. The van der Waals surface area contributed by atoms with Crippen LogP contribution in [0.3, 0.4) is 0 Å². The van der Waals surface area contributed by atoms with Gasteiger partial charge in [-0.25, -0.2) is 8.42 Å². The highest BCUT2D eigenvalue weighted by Crippen LogP contribution is 2.16. The number of hydrogen-bond donors (Lipinski definition) is 1. The maximum absolute atomic E-state index is 12.6. The fraction of sp³-hybridized carbons (Fsp3) is 0.474. The Morgan fingerprint density at radius 2 is 1.97 bits per heavy atom. The number of aliphatic imine (C=N–C) groups is 1. The van der Waals surface area contributed by atoms with Crippen molar-refractivity contribution in [2.75, 3.05) is 45.0 Å². The van der Waals surface area contributed by atoms with E-state index >= 15 is 0 Å². The molecule has 1 fully saturated rings. The van der Waals surface area contributed by atoms with Crippen molar-refractivity contribution >= 4 is 27.7 Å². The highest BCUT2D eigenvalue weighted by Gasteiger charge is 2.28. The Morgan fingerprint density at radius 3 is 2.62 bits per heavy atom. The van der Waals surface area contributed by atoms with E-state index in [2.05, 4.69) is 27.5 Å². The summed E-state index contributed by atoms with van der Waals surface area (Å²) in [6.07, 6.45) is 1.39. The van der Waals surface area contributed by atoms with Crippen LogP contribution in [0.25, 0.3) is 0 Å². The zero-order chi connectivity index (χ0) is 20.5. The predicted molar refractivity (Wildman–Crippen MR) is 115 cm³/mol. The van der Waals surface area contributed by atoms with Crippen LogP contribution in [-0.2, 0) is 15.8 Å². The summed E-state index contributed by atoms with van der Waals surface area (Å²) in [6.45, 7) is 5.59. The van der Waals surface area contributed by atoms with Crippen molar-refractivity contribution in [2.24, 2.45) is 4.99 Å². The number of aromatic nitrogens is 1. The van der Waals surface area contributed by atoms with Gasteiger partial charge in [-0.15, -0.1) is 11.8 Å². The maximum Gasteiger partial charge on any atom is 0.220 e. The second-order valence-corrected chi connectivity index (χ2v) is 9.67. The van der Waals surface area contributed by atoms with Crippen molar-refractivity contribution in [2.45, 2.75) is 17.6 Å². The van der Waals surface area contributed by atoms with Gasteiger partial charge in [-0.2, -0.15) is 4.31 Å². The van der Waals surface area contributed by atoms with E-state index in [4.69, 9.17) is 9.52 Å². The van der Waals surface area contributed by atoms with Crippen LogP contribution >= 0.6 is 11.8 Å². The highest BCUT2D eigenvalue weighted by atomic mass is 32.2. The van der Waals surface area contributed by atoms with Crippen LogP contribution in [-0.4, -0.2) is 73.8 Å². The third-order valence-corrected chi connectivity index (χ3v) is 7.26. The van der Waals surface area contributed by atoms with Crippen LogP contribution < -0.4 is 5.32 Å². The van der Waals surface area contributed by atoms with Crippen molar-refractivity contribution in [3.05, 3.63) is 48.4 Å². The number of nitrogens with zero attached hydrogens (tertiary/aromatic N) is 4. The summed E-state index contributed by atoms with van der Waals surface area (Å²) in [5, 5.41) is 7.02. The molecule has 0 radical (unpaired) electrons. The summed E-state index contributed by atoms with van der Waals surface area (Å²) in [5.41, 5.74) is 0.429. The molecule has 2 aromatic rings. The first-order chi connectivity index (χ1) is 14.1. The molecule has 1 N–H and O–H groups in total. The lowest BCUT2D eigenvalue weighted by atomic mass is 10.4. The summed E-state index contributed by atoms with van der Waals surface area (Å²) in [6, 6.07) is 11.8. The first-order valence-electron chi connectivity index (χ1n) is 9.66. The van der Waals surface area contributed by atoms with Gasteiger partial charge in [-0.3, -0.25) is 4.99 Å². The van der Waals surface area contributed by atoms with Gasteiger partial charge in [-0.05, 0) is 19.1 Å². The van der Waals surface area contributed by atoms with E-state index in [0.717, 1.165) is 18.3 Å². The molecular formula is C19H27N5O3S2.